The fourth-order valence-electron chi connectivity index (χ4n) is 1.63. The van der Waals surface area contributed by atoms with E-state index in [-0.39, 0.29) is 5.56 Å². The molecule has 0 aliphatic carbocycles. The summed E-state index contributed by atoms with van der Waals surface area (Å²) in [5.41, 5.74) is 1.46. The Morgan fingerprint density at radius 1 is 1.21 bits per heavy atom. The lowest BCUT2D eigenvalue weighted by molar-refractivity contribution is 0.0697. The molecule has 0 unspecified atom stereocenters. The number of halogens is 1. The second-order valence-corrected chi connectivity index (χ2v) is 4.03. The third-order valence-corrected chi connectivity index (χ3v) is 2.62. The Morgan fingerprint density at radius 2 is 2.00 bits per heavy atom. The second-order valence-electron chi connectivity index (χ2n) is 4.03. The van der Waals surface area contributed by atoms with Crippen LogP contribution in [-0.4, -0.2) is 16.2 Å². The van der Waals surface area contributed by atoms with Crippen molar-refractivity contribution in [2.45, 2.75) is 6.54 Å². The van der Waals surface area contributed by atoms with Gasteiger partial charge in [-0.25, -0.2) is 9.18 Å². The highest BCUT2D eigenvalue weighted by Gasteiger charge is 2.04. The number of hydrogen-bond acceptors (Lipinski definition) is 3. The lowest BCUT2D eigenvalue weighted by Crippen LogP contribution is -2.02. The normalized spacial score (nSPS) is 10.2. The molecule has 0 aliphatic heterocycles. The average molecular weight is 261 g/mol. The van der Waals surface area contributed by atoms with Crippen LogP contribution in [0.4, 0.5) is 10.1 Å². The van der Waals surface area contributed by atoms with E-state index in [1.165, 1.54) is 24.3 Å². The first-order chi connectivity index (χ1) is 9.06. The topological polar surface area (TPSA) is 69.6 Å². The van der Waals surface area contributed by atoms with Gasteiger partial charge in [0.1, 0.15) is 0 Å². The summed E-state index contributed by atoms with van der Waals surface area (Å²) < 4.78 is 13.1. The number of phenols is 1. The molecule has 98 valence electrons. The molecule has 0 bridgehead atoms. The number of rotatable bonds is 4. The maximum absolute atomic E-state index is 13.1. The van der Waals surface area contributed by atoms with Crippen molar-refractivity contribution < 1.29 is 19.4 Å². The van der Waals surface area contributed by atoms with Gasteiger partial charge >= 0.3 is 5.97 Å². The van der Waals surface area contributed by atoms with Gasteiger partial charge in [0, 0.05) is 12.2 Å². The molecule has 0 aromatic heterocycles. The Kier molecular flexibility index (Phi) is 3.66. The molecule has 4 nitrogen and oxygen atoms in total. The number of aromatic carboxylic acids is 1. The molecule has 19 heavy (non-hydrogen) atoms. The predicted octanol–water partition coefficient (Wildman–Crippen LogP) is 2.84. The van der Waals surface area contributed by atoms with Crippen LogP contribution in [0.2, 0.25) is 0 Å². The first kappa shape index (κ1) is 12.9. The van der Waals surface area contributed by atoms with Crippen LogP contribution < -0.4 is 5.32 Å². The summed E-state index contributed by atoms with van der Waals surface area (Å²) in [4.78, 5) is 10.8. The number of nitrogens with one attached hydrogen (secondary N) is 1. The predicted molar refractivity (Wildman–Crippen MR) is 68.8 cm³/mol. The Morgan fingerprint density at radius 3 is 2.68 bits per heavy atom. The van der Waals surface area contributed by atoms with Crippen molar-refractivity contribution in [2.75, 3.05) is 5.32 Å². The van der Waals surface area contributed by atoms with Crippen LogP contribution in [0.5, 0.6) is 5.75 Å². The van der Waals surface area contributed by atoms with Crippen LogP contribution in [0.1, 0.15) is 15.9 Å². The number of carboxylic acid groups (broad SMARTS) is 1. The second kappa shape index (κ2) is 5.39. The molecule has 2 aromatic rings. The van der Waals surface area contributed by atoms with Gasteiger partial charge in [-0.15, -0.1) is 0 Å². The largest absolute Gasteiger partial charge is 0.505 e. The number of carbonyl (C=O) groups is 1. The molecule has 0 radical (unpaired) electrons. The third kappa shape index (κ3) is 3.22. The van der Waals surface area contributed by atoms with Crippen molar-refractivity contribution in [3.05, 3.63) is 59.4 Å². The van der Waals surface area contributed by atoms with Gasteiger partial charge in [-0.3, -0.25) is 0 Å². The molecule has 0 heterocycles. The minimum atomic E-state index is -1.00. The van der Waals surface area contributed by atoms with Gasteiger partial charge in [-0.1, -0.05) is 12.1 Å². The monoisotopic (exact) mass is 261 g/mol. The molecule has 2 aromatic carbocycles. The van der Waals surface area contributed by atoms with E-state index >= 15 is 0 Å². The number of phenolic OH excluding ortho intramolecular Hbond substituents is 1. The van der Waals surface area contributed by atoms with Crippen molar-refractivity contribution in [3.63, 3.8) is 0 Å². The number of hydrogen-bond donors (Lipinski definition) is 3. The van der Waals surface area contributed by atoms with E-state index in [2.05, 4.69) is 5.32 Å². The van der Waals surface area contributed by atoms with Crippen molar-refractivity contribution in [3.8, 4) is 5.75 Å². The number of anilines is 1. The molecule has 0 fully saturated rings. The molecule has 5 heteroatoms. The lowest BCUT2D eigenvalue weighted by atomic mass is 10.1. The quantitative estimate of drug-likeness (QED) is 0.791. The van der Waals surface area contributed by atoms with Gasteiger partial charge < -0.3 is 15.5 Å². The molecule has 0 saturated carbocycles. The van der Waals surface area contributed by atoms with Crippen LogP contribution in [-0.2, 0) is 6.54 Å². The number of aromatic hydroxyl groups is 1. The Bertz CT molecular complexity index is 613. The van der Waals surface area contributed by atoms with Crippen molar-refractivity contribution in [2.24, 2.45) is 0 Å². The first-order valence-corrected chi connectivity index (χ1v) is 5.61. The molecular weight excluding hydrogens is 249 g/mol. The van der Waals surface area contributed by atoms with Crippen molar-refractivity contribution in [1.82, 2.24) is 0 Å². The van der Waals surface area contributed by atoms with E-state index in [1.54, 1.807) is 18.2 Å². The zero-order valence-electron chi connectivity index (χ0n) is 9.93. The van der Waals surface area contributed by atoms with Crippen LogP contribution >= 0.6 is 0 Å². The summed E-state index contributed by atoms with van der Waals surface area (Å²) in [6.07, 6.45) is 0. The third-order valence-electron chi connectivity index (χ3n) is 2.62. The highest BCUT2D eigenvalue weighted by molar-refractivity contribution is 5.88. The highest BCUT2D eigenvalue weighted by atomic mass is 19.1. The van der Waals surface area contributed by atoms with Gasteiger partial charge in [0.15, 0.2) is 11.6 Å². The standard InChI is InChI=1S/C14H12FNO3/c15-12-6-9(4-5-13(12)17)8-16-11-3-1-2-10(7-11)14(18)19/h1-7,16-17H,8H2,(H,18,19). The zero-order chi connectivity index (χ0) is 13.8. The Hall–Kier alpha value is -2.56. The highest BCUT2D eigenvalue weighted by Crippen LogP contribution is 2.17. The van der Waals surface area contributed by atoms with E-state index in [4.69, 9.17) is 10.2 Å². The summed E-state index contributed by atoms with van der Waals surface area (Å²) in [6.45, 7) is 0.334. The number of carboxylic acids is 1. The summed E-state index contributed by atoms with van der Waals surface area (Å²) in [6, 6.07) is 10.4. The molecule has 0 spiro atoms. The summed E-state index contributed by atoms with van der Waals surface area (Å²) in [5, 5.41) is 20.9. The molecule has 0 saturated heterocycles. The fraction of sp³-hybridized carbons (Fsp3) is 0.0714. The van der Waals surface area contributed by atoms with Gasteiger partial charge in [-0.05, 0) is 35.9 Å². The molecule has 0 atom stereocenters. The van der Waals surface area contributed by atoms with Crippen LogP contribution in [0.3, 0.4) is 0 Å². The SMILES string of the molecule is O=C(O)c1cccc(NCc2ccc(O)c(F)c2)c1. The Labute approximate surface area is 109 Å². The van der Waals surface area contributed by atoms with E-state index in [1.807, 2.05) is 0 Å². The average Bonchev–Trinajstić information content (AvgIpc) is 2.40. The number of benzene rings is 2. The van der Waals surface area contributed by atoms with E-state index < -0.39 is 17.5 Å². The molecule has 2 rings (SSSR count). The van der Waals surface area contributed by atoms with E-state index in [0.29, 0.717) is 17.8 Å². The van der Waals surface area contributed by atoms with Gasteiger partial charge in [0.05, 0.1) is 5.56 Å². The molecular formula is C14H12FNO3. The van der Waals surface area contributed by atoms with Crippen molar-refractivity contribution in [1.29, 1.82) is 0 Å². The minimum Gasteiger partial charge on any atom is -0.505 e. The fourth-order valence-corrected chi connectivity index (χ4v) is 1.63. The van der Waals surface area contributed by atoms with Gasteiger partial charge in [0.25, 0.3) is 0 Å². The molecule has 0 amide bonds. The summed E-state index contributed by atoms with van der Waals surface area (Å²) in [7, 11) is 0. The first-order valence-electron chi connectivity index (χ1n) is 5.61. The smallest absolute Gasteiger partial charge is 0.335 e. The molecule has 3 N–H and O–H groups in total. The lowest BCUT2D eigenvalue weighted by Gasteiger charge is -2.07. The Balaban J connectivity index is 2.07. The summed E-state index contributed by atoms with van der Waals surface area (Å²) >= 11 is 0. The molecule has 0 aliphatic rings. The maximum atomic E-state index is 13.1. The van der Waals surface area contributed by atoms with Crippen molar-refractivity contribution >= 4 is 11.7 Å². The maximum Gasteiger partial charge on any atom is 0.335 e. The van der Waals surface area contributed by atoms with E-state index in [9.17, 15) is 9.18 Å². The van der Waals surface area contributed by atoms with Gasteiger partial charge in [0.2, 0.25) is 0 Å². The van der Waals surface area contributed by atoms with Crippen LogP contribution in [0, 0.1) is 5.82 Å². The van der Waals surface area contributed by atoms with Crippen LogP contribution in [0.25, 0.3) is 0 Å². The minimum absolute atomic E-state index is 0.182. The van der Waals surface area contributed by atoms with E-state index in [0.717, 1.165) is 0 Å². The van der Waals surface area contributed by atoms with Crippen LogP contribution in [0.15, 0.2) is 42.5 Å². The zero-order valence-corrected chi connectivity index (χ0v) is 9.93. The summed E-state index contributed by atoms with van der Waals surface area (Å²) in [5.74, 6) is -2.07. The van der Waals surface area contributed by atoms with Gasteiger partial charge in [-0.2, -0.15) is 0 Å².